The zero-order valence-electron chi connectivity index (χ0n) is 10.9. The number of benzene rings is 1. The molecule has 0 bridgehead atoms. The Morgan fingerprint density at radius 2 is 1.71 bits per heavy atom. The van der Waals surface area contributed by atoms with E-state index in [2.05, 4.69) is 62.1 Å². The van der Waals surface area contributed by atoms with Gasteiger partial charge in [0.1, 0.15) is 0 Å². The monoisotopic (exact) mass is 228 g/mol. The van der Waals surface area contributed by atoms with Crippen LogP contribution in [0.2, 0.25) is 0 Å². The van der Waals surface area contributed by atoms with Gasteiger partial charge < -0.3 is 4.90 Å². The summed E-state index contributed by atoms with van der Waals surface area (Å²) in [6.45, 7) is 10.2. The molecular weight excluding hydrogens is 206 g/mol. The maximum Gasteiger partial charge on any atom is 0.0366 e. The first-order valence-corrected chi connectivity index (χ1v) is 6.29. The number of rotatable bonds is 6. The summed E-state index contributed by atoms with van der Waals surface area (Å²) in [6, 6.07) is 8.67. The molecule has 0 amide bonds. The van der Waals surface area contributed by atoms with Gasteiger partial charge in [-0.25, -0.2) is 0 Å². The lowest BCUT2D eigenvalue weighted by atomic mass is 10.2. The molecule has 0 aliphatic rings. The van der Waals surface area contributed by atoms with Crippen LogP contribution in [0.5, 0.6) is 0 Å². The highest BCUT2D eigenvalue weighted by molar-refractivity contribution is 5.56. The fourth-order valence-electron chi connectivity index (χ4n) is 1.73. The fraction of sp³-hybridized carbons (Fsp3) is 0.312. The van der Waals surface area contributed by atoms with Gasteiger partial charge in [-0.2, -0.15) is 0 Å². The Morgan fingerprint density at radius 3 is 2.24 bits per heavy atom. The van der Waals surface area contributed by atoms with Crippen LogP contribution in [0.25, 0.3) is 6.08 Å². The van der Waals surface area contributed by atoms with Gasteiger partial charge >= 0.3 is 0 Å². The maximum atomic E-state index is 3.75. The van der Waals surface area contributed by atoms with E-state index in [1.54, 1.807) is 0 Å². The summed E-state index contributed by atoms with van der Waals surface area (Å²) >= 11 is 0. The topological polar surface area (TPSA) is 3.24 Å². The summed E-state index contributed by atoms with van der Waals surface area (Å²) in [5.74, 6) is 0. The van der Waals surface area contributed by atoms with Crippen molar-refractivity contribution in [3.8, 4) is 0 Å². The van der Waals surface area contributed by atoms with E-state index < -0.39 is 0 Å². The van der Waals surface area contributed by atoms with Crippen molar-refractivity contribution in [2.45, 2.75) is 20.3 Å². The second kappa shape index (κ2) is 7.72. The number of allylic oxidation sites excluding steroid dienone is 3. The first-order chi connectivity index (χ1) is 8.31. The van der Waals surface area contributed by atoms with Crippen LogP contribution in [0.15, 0.2) is 42.5 Å². The van der Waals surface area contributed by atoms with Crippen molar-refractivity contribution in [2.75, 3.05) is 18.0 Å². The summed E-state index contributed by atoms with van der Waals surface area (Å²) in [7, 11) is 0. The van der Waals surface area contributed by atoms with Crippen LogP contribution in [0.3, 0.4) is 0 Å². The van der Waals surface area contributed by atoms with Gasteiger partial charge in [-0.05, 0) is 44.9 Å². The smallest absolute Gasteiger partial charge is 0.0366 e. The van der Waals surface area contributed by atoms with Gasteiger partial charge in [-0.1, -0.05) is 36.4 Å². The van der Waals surface area contributed by atoms with Crippen molar-refractivity contribution < 1.29 is 0 Å². The SMILES string of the molecule is [CH2]CC=CC=Cc1ccc(N(CC)CC)cc1. The van der Waals surface area contributed by atoms with Crippen molar-refractivity contribution >= 4 is 11.8 Å². The highest BCUT2D eigenvalue weighted by Crippen LogP contribution is 2.15. The number of hydrogen-bond donors (Lipinski definition) is 0. The third-order valence-corrected chi connectivity index (χ3v) is 2.72. The van der Waals surface area contributed by atoms with E-state index >= 15 is 0 Å². The highest BCUT2D eigenvalue weighted by atomic mass is 15.1. The van der Waals surface area contributed by atoms with Gasteiger partial charge in [-0.15, -0.1) is 0 Å². The fourth-order valence-corrected chi connectivity index (χ4v) is 1.73. The molecule has 1 nitrogen and oxygen atoms in total. The average Bonchev–Trinajstić information content (AvgIpc) is 2.38. The molecule has 0 N–H and O–H groups in total. The van der Waals surface area contributed by atoms with E-state index in [1.165, 1.54) is 11.3 Å². The summed E-state index contributed by atoms with van der Waals surface area (Å²) in [4.78, 5) is 2.34. The van der Waals surface area contributed by atoms with Crippen molar-refractivity contribution in [3.63, 3.8) is 0 Å². The van der Waals surface area contributed by atoms with Crippen LogP contribution in [0.1, 0.15) is 25.8 Å². The molecule has 0 atom stereocenters. The third-order valence-electron chi connectivity index (χ3n) is 2.72. The minimum atomic E-state index is 0.839. The predicted octanol–water partition coefficient (Wildman–Crippen LogP) is 4.33. The lowest BCUT2D eigenvalue weighted by Gasteiger charge is -2.20. The number of anilines is 1. The zero-order valence-corrected chi connectivity index (χ0v) is 10.9. The Hall–Kier alpha value is -1.50. The van der Waals surface area contributed by atoms with Gasteiger partial charge in [0.15, 0.2) is 0 Å². The minimum Gasteiger partial charge on any atom is -0.372 e. The van der Waals surface area contributed by atoms with Gasteiger partial charge in [0.05, 0.1) is 0 Å². The molecule has 91 valence electrons. The minimum absolute atomic E-state index is 0.839. The van der Waals surface area contributed by atoms with Gasteiger partial charge in [0.25, 0.3) is 0 Å². The van der Waals surface area contributed by atoms with Gasteiger partial charge in [0, 0.05) is 18.8 Å². The predicted molar refractivity (Wildman–Crippen MR) is 78.2 cm³/mol. The van der Waals surface area contributed by atoms with Crippen molar-refractivity contribution in [1.29, 1.82) is 0 Å². The average molecular weight is 228 g/mol. The van der Waals surface area contributed by atoms with Crippen LogP contribution < -0.4 is 4.90 Å². The molecule has 0 fully saturated rings. The maximum absolute atomic E-state index is 3.75. The van der Waals surface area contributed by atoms with E-state index in [1.807, 2.05) is 12.2 Å². The summed E-state index contributed by atoms with van der Waals surface area (Å²) in [5, 5.41) is 0. The Balaban J connectivity index is 2.67. The molecule has 0 aliphatic heterocycles. The molecular formula is C16H22N. The third kappa shape index (κ3) is 4.48. The zero-order chi connectivity index (χ0) is 12.5. The van der Waals surface area contributed by atoms with Gasteiger partial charge in [-0.3, -0.25) is 0 Å². The van der Waals surface area contributed by atoms with E-state index in [0.29, 0.717) is 0 Å². The van der Waals surface area contributed by atoms with Gasteiger partial charge in [0.2, 0.25) is 0 Å². The first kappa shape index (κ1) is 13.6. The van der Waals surface area contributed by atoms with Crippen LogP contribution >= 0.6 is 0 Å². The largest absolute Gasteiger partial charge is 0.372 e. The molecule has 0 heterocycles. The molecule has 1 radical (unpaired) electrons. The number of nitrogens with zero attached hydrogens (tertiary/aromatic N) is 1. The molecule has 17 heavy (non-hydrogen) atoms. The lowest BCUT2D eigenvalue weighted by molar-refractivity contribution is 0.866. The lowest BCUT2D eigenvalue weighted by Crippen LogP contribution is -2.21. The first-order valence-electron chi connectivity index (χ1n) is 6.29. The molecule has 0 aliphatic carbocycles. The Bertz CT molecular complexity index is 356. The van der Waals surface area contributed by atoms with E-state index in [-0.39, 0.29) is 0 Å². The van der Waals surface area contributed by atoms with E-state index in [0.717, 1.165) is 19.5 Å². The molecule has 0 aromatic heterocycles. The van der Waals surface area contributed by atoms with Crippen molar-refractivity contribution in [1.82, 2.24) is 0 Å². The summed E-state index contributed by atoms with van der Waals surface area (Å²) in [6.07, 6.45) is 9.08. The normalized spacial score (nSPS) is 11.5. The standard InChI is InChI=1S/C16H22N/c1-4-7-8-9-10-15-11-13-16(14-12-15)17(5-2)6-3/h7-14H,1,4-6H2,2-3H3. The van der Waals surface area contributed by atoms with E-state index in [9.17, 15) is 0 Å². The van der Waals surface area contributed by atoms with Crippen molar-refractivity contribution in [2.24, 2.45) is 0 Å². The van der Waals surface area contributed by atoms with E-state index in [4.69, 9.17) is 0 Å². The van der Waals surface area contributed by atoms with Crippen LogP contribution in [0.4, 0.5) is 5.69 Å². The summed E-state index contributed by atoms with van der Waals surface area (Å²) < 4.78 is 0. The quantitative estimate of drug-likeness (QED) is 0.655. The van der Waals surface area contributed by atoms with Crippen LogP contribution in [0, 0.1) is 6.92 Å². The Kier molecular flexibility index (Phi) is 6.16. The van der Waals surface area contributed by atoms with Crippen molar-refractivity contribution in [3.05, 3.63) is 55.0 Å². The van der Waals surface area contributed by atoms with Crippen LogP contribution in [-0.2, 0) is 0 Å². The molecule has 0 saturated heterocycles. The molecule has 0 unspecified atom stereocenters. The second-order valence-corrected chi connectivity index (χ2v) is 3.84. The second-order valence-electron chi connectivity index (χ2n) is 3.84. The molecule has 0 spiro atoms. The Labute approximate surface area is 105 Å². The molecule has 1 heteroatoms. The summed E-state index contributed by atoms with van der Waals surface area (Å²) in [5.41, 5.74) is 2.52. The Morgan fingerprint density at radius 1 is 1.06 bits per heavy atom. The molecule has 1 aromatic carbocycles. The molecule has 0 saturated carbocycles. The van der Waals surface area contributed by atoms with Crippen LogP contribution in [-0.4, -0.2) is 13.1 Å². The molecule has 1 aromatic rings. The number of hydrogen-bond acceptors (Lipinski definition) is 1. The highest BCUT2D eigenvalue weighted by Gasteiger charge is 1.99. The molecule has 1 rings (SSSR count).